The first kappa shape index (κ1) is 17.4. The molecule has 1 fully saturated rings. The van der Waals surface area contributed by atoms with E-state index in [1.165, 1.54) is 12.1 Å². The average molecular weight is 347 g/mol. The van der Waals surface area contributed by atoms with E-state index in [4.69, 9.17) is 4.52 Å². The third kappa shape index (κ3) is 3.99. The summed E-state index contributed by atoms with van der Waals surface area (Å²) in [6.07, 6.45) is 1.07. The topological polar surface area (TPSA) is 78.6 Å². The first-order valence-corrected chi connectivity index (χ1v) is 8.40. The van der Waals surface area contributed by atoms with Crippen molar-refractivity contribution in [1.29, 1.82) is 0 Å². The summed E-state index contributed by atoms with van der Waals surface area (Å²) in [4.78, 5) is 14.4. The predicted octanol–water partition coefficient (Wildman–Crippen LogP) is 2.57. The van der Waals surface area contributed by atoms with Crippen molar-refractivity contribution in [3.8, 4) is 0 Å². The third-order valence-electron chi connectivity index (χ3n) is 4.47. The molecule has 1 aliphatic heterocycles. The van der Waals surface area contributed by atoms with E-state index in [0.717, 1.165) is 5.69 Å². The Bertz CT molecular complexity index is 754. The van der Waals surface area contributed by atoms with Crippen LogP contribution in [0, 0.1) is 12.7 Å². The number of hydrogen-bond acceptors (Lipinski definition) is 5. The summed E-state index contributed by atoms with van der Waals surface area (Å²) in [7, 11) is 0. The van der Waals surface area contributed by atoms with Crippen molar-refractivity contribution in [3.63, 3.8) is 0 Å². The van der Waals surface area contributed by atoms with Gasteiger partial charge < -0.3 is 19.8 Å². The van der Waals surface area contributed by atoms with Gasteiger partial charge in [0.05, 0.1) is 12.1 Å². The number of aromatic nitrogens is 1. The molecule has 1 amide bonds. The van der Waals surface area contributed by atoms with Crippen LogP contribution in [0.1, 0.15) is 47.6 Å². The Morgan fingerprint density at radius 2 is 2.12 bits per heavy atom. The van der Waals surface area contributed by atoms with Crippen molar-refractivity contribution in [2.45, 2.75) is 38.8 Å². The lowest BCUT2D eigenvalue weighted by molar-refractivity contribution is 0.0930. The molecule has 1 aromatic heterocycles. The van der Waals surface area contributed by atoms with Crippen LogP contribution in [-0.2, 0) is 0 Å². The second-order valence-corrected chi connectivity index (χ2v) is 6.44. The van der Waals surface area contributed by atoms with Crippen molar-refractivity contribution in [2.24, 2.45) is 0 Å². The SMILES string of the molecule is Cc1cc(C(=O)N[C@@H](C)c2cc(F)ccc2N2CCC(O)CC2)no1. The maximum atomic E-state index is 13.8. The zero-order valence-electron chi connectivity index (χ0n) is 14.3. The molecule has 2 heterocycles. The summed E-state index contributed by atoms with van der Waals surface area (Å²) < 4.78 is 18.7. The Labute approximate surface area is 145 Å². The molecular weight excluding hydrogens is 325 g/mol. The van der Waals surface area contributed by atoms with Crippen LogP contribution in [0.4, 0.5) is 10.1 Å². The summed E-state index contributed by atoms with van der Waals surface area (Å²) in [5.41, 5.74) is 1.77. The largest absolute Gasteiger partial charge is 0.393 e. The highest BCUT2D eigenvalue weighted by Gasteiger charge is 2.23. The molecule has 0 saturated carbocycles. The maximum absolute atomic E-state index is 13.8. The molecule has 1 atom stereocenters. The molecule has 25 heavy (non-hydrogen) atoms. The van der Waals surface area contributed by atoms with Crippen LogP contribution in [0.15, 0.2) is 28.8 Å². The number of carbonyl (C=O) groups is 1. The number of nitrogens with one attached hydrogen (secondary N) is 1. The molecule has 3 rings (SSSR count). The van der Waals surface area contributed by atoms with Gasteiger partial charge in [0.15, 0.2) is 5.69 Å². The van der Waals surface area contributed by atoms with Gasteiger partial charge in [0.1, 0.15) is 11.6 Å². The lowest BCUT2D eigenvalue weighted by Gasteiger charge is -2.34. The second-order valence-electron chi connectivity index (χ2n) is 6.44. The van der Waals surface area contributed by atoms with Gasteiger partial charge in [-0.2, -0.15) is 0 Å². The predicted molar refractivity (Wildman–Crippen MR) is 91.0 cm³/mol. The van der Waals surface area contributed by atoms with Crippen LogP contribution >= 0.6 is 0 Å². The highest BCUT2D eigenvalue weighted by molar-refractivity contribution is 5.92. The van der Waals surface area contributed by atoms with E-state index in [1.807, 2.05) is 6.92 Å². The Hall–Kier alpha value is -2.41. The Morgan fingerprint density at radius 1 is 1.40 bits per heavy atom. The highest BCUT2D eigenvalue weighted by Crippen LogP contribution is 2.30. The van der Waals surface area contributed by atoms with Crippen LogP contribution in [0.25, 0.3) is 0 Å². The number of nitrogens with zero attached hydrogens (tertiary/aromatic N) is 2. The van der Waals surface area contributed by atoms with Crippen molar-refractivity contribution < 1.29 is 18.8 Å². The molecule has 0 bridgehead atoms. The van der Waals surface area contributed by atoms with Crippen molar-refractivity contribution in [2.75, 3.05) is 18.0 Å². The van der Waals surface area contributed by atoms with Gasteiger partial charge in [-0.25, -0.2) is 4.39 Å². The van der Waals surface area contributed by atoms with E-state index in [2.05, 4.69) is 15.4 Å². The van der Waals surface area contributed by atoms with E-state index >= 15 is 0 Å². The summed E-state index contributed by atoms with van der Waals surface area (Å²) in [6, 6.07) is 5.74. The van der Waals surface area contributed by atoms with Crippen molar-refractivity contribution in [1.82, 2.24) is 10.5 Å². The van der Waals surface area contributed by atoms with Crippen LogP contribution in [0.3, 0.4) is 0 Å². The lowest BCUT2D eigenvalue weighted by Crippen LogP contribution is -2.37. The molecule has 2 N–H and O–H groups in total. The van der Waals surface area contributed by atoms with Gasteiger partial charge in [-0.1, -0.05) is 5.16 Å². The molecule has 1 aliphatic rings. The van der Waals surface area contributed by atoms with Crippen LogP contribution in [-0.4, -0.2) is 35.4 Å². The van der Waals surface area contributed by atoms with Crippen molar-refractivity contribution in [3.05, 3.63) is 47.1 Å². The number of amides is 1. The first-order chi connectivity index (χ1) is 11.9. The van der Waals surface area contributed by atoms with E-state index in [9.17, 15) is 14.3 Å². The molecule has 7 heteroatoms. The molecular formula is C18H22FN3O3. The minimum absolute atomic E-state index is 0.198. The van der Waals surface area contributed by atoms with Gasteiger partial charge in [-0.15, -0.1) is 0 Å². The van der Waals surface area contributed by atoms with E-state index in [-0.39, 0.29) is 23.5 Å². The average Bonchev–Trinajstić information content (AvgIpc) is 3.02. The Balaban J connectivity index is 1.80. The Kier molecular flexibility index (Phi) is 5.03. The van der Waals surface area contributed by atoms with E-state index < -0.39 is 6.04 Å². The highest BCUT2D eigenvalue weighted by atomic mass is 19.1. The monoisotopic (exact) mass is 347 g/mol. The lowest BCUT2D eigenvalue weighted by atomic mass is 10.0. The number of piperidine rings is 1. The van der Waals surface area contributed by atoms with Gasteiger partial charge in [-0.3, -0.25) is 4.79 Å². The van der Waals surface area contributed by atoms with Gasteiger partial charge in [0.25, 0.3) is 5.91 Å². The van der Waals surface area contributed by atoms with E-state index in [1.54, 1.807) is 19.1 Å². The number of rotatable bonds is 4. The molecule has 2 aromatic rings. The standard InChI is InChI=1S/C18H22FN3O3/c1-11-9-16(21-25-11)18(24)20-12(2)15-10-13(19)3-4-17(15)22-7-5-14(23)6-8-22/h3-4,9-10,12,14,23H,5-8H2,1-2H3,(H,20,24)/t12-/m0/s1. The molecule has 134 valence electrons. The fourth-order valence-corrected chi connectivity index (χ4v) is 3.09. The fraction of sp³-hybridized carbons (Fsp3) is 0.444. The summed E-state index contributed by atoms with van der Waals surface area (Å²) in [6.45, 7) is 4.91. The van der Waals surface area contributed by atoms with Crippen LogP contribution in [0.5, 0.6) is 0 Å². The number of aliphatic hydroxyl groups excluding tert-OH is 1. The van der Waals surface area contributed by atoms with E-state index in [0.29, 0.717) is 37.3 Å². The van der Waals surface area contributed by atoms with Gasteiger partial charge in [0.2, 0.25) is 0 Å². The molecule has 0 radical (unpaired) electrons. The van der Waals surface area contributed by atoms with Crippen LogP contribution in [0.2, 0.25) is 0 Å². The quantitative estimate of drug-likeness (QED) is 0.889. The fourth-order valence-electron chi connectivity index (χ4n) is 3.09. The van der Waals surface area contributed by atoms with Crippen molar-refractivity contribution >= 4 is 11.6 Å². The smallest absolute Gasteiger partial charge is 0.273 e. The number of aliphatic hydroxyl groups is 1. The van der Waals surface area contributed by atoms with Crippen LogP contribution < -0.4 is 10.2 Å². The molecule has 0 spiro atoms. The third-order valence-corrected chi connectivity index (χ3v) is 4.47. The molecule has 0 unspecified atom stereocenters. The number of aryl methyl sites for hydroxylation is 1. The first-order valence-electron chi connectivity index (χ1n) is 8.40. The zero-order chi connectivity index (χ0) is 18.0. The molecule has 0 aliphatic carbocycles. The number of carbonyl (C=O) groups excluding carboxylic acids is 1. The molecule has 1 saturated heterocycles. The number of anilines is 1. The second kappa shape index (κ2) is 7.23. The number of hydrogen-bond donors (Lipinski definition) is 2. The van der Waals surface area contributed by atoms with Gasteiger partial charge in [0, 0.05) is 30.4 Å². The van der Waals surface area contributed by atoms with Gasteiger partial charge in [-0.05, 0) is 44.9 Å². The molecule has 6 nitrogen and oxygen atoms in total. The summed E-state index contributed by atoms with van der Waals surface area (Å²) >= 11 is 0. The Morgan fingerprint density at radius 3 is 2.76 bits per heavy atom. The summed E-state index contributed by atoms with van der Waals surface area (Å²) in [5, 5.41) is 16.2. The minimum atomic E-state index is -0.401. The minimum Gasteiger partial charge on any atom is -0.393 e. The maximum Gasteiger partial charge on any atom is 0.273 e. The number of halogens is 1. The van der Waals surface area contributed by atoms with Gasteiger partial charge >= 0.3 is 0 Å². The number of benzene rings is 1. The molecule has 1 aromatic carbocycles. The summed E-state index contributed by atoms with van der Waals surface area (Å²) in [5.74, 6) is -0.168. The zero-order valence-corrected chi connectivity index (χ0v) is 14.3. The normalized spacial score (nSPS) is 16.7.